The van der Waals surface area contributed by atoms with Gasteiger partial charge in [0.25, 0.3) is 0 Å². The minimum Gasteiger partial charge on any atom is -0.144 e. The molecule has 7 aromatic rings. The van der Waals surface area contributed by atoms with E-state index in [-0.39, 0.29) is 7.92 Å². The molecule has 0 aliphatic heterocycles. The Morgan fingerprint density at radius 2 is 1.12 bits per heavy atom. The quantitative estimate of drug-likeness (QED) is 0.125. The second-order valence-electron chi connectivity index (χ2n) is 11.5. The van der Waals surface area contributed by atoms with Crippen molar-refractivity contribution in [2.45, 2.75) is 79.1 Å². The summed E-state index contributed by atoms with van der Waals surface area (Å²) in [4.78, 5) is 0. The van der Waals surface area contributed by atoms with Crippen LogP contribution in [0, 0.1) is 0 Å². The Kier molecular flexibility index (Phi) is 8.16. The summed E-state index contributed by atoms with van der Waals surface area (Å²) in [6.07, 6.45) is 12.8. The van der Waals surface area contributed by atoms with Gasteiger partial charge >= 0.3 is 0 Å². The van der Waals surface area contributed by atoms with E-state index in [0.717, 1.165) is 0 Å². The zero-order chi connectivity index (χ0) is 28.1. The van der Waals surface area contributed by atoms with E-state index in [9.17, 15) is 0 Å². The van der Waals surface area contributed by atoms with Crippen LogP contribution < -0.4 is 4.62 Å². The number of aryl methyl sites for hydroxylation is 2. The van der Waals surface area contributed by atoms with Crippen LogP contribution in [0.4, 0.5) is 0 Å². The molecule has 0 fully saturated rings. The van der Waals surface area contributed by atoms with Gasteiger partial charge < -0.3 is 0 Å². The van der Waals surface area contributed by atoms with Gasteiger partial charge in [-0.05, 0) is 90.9 Å². The molecule has 0 saturated heterocycles. The third kappa shape index (κ3) is 4.68. The largest absolute Gasteiger partial charge is 0.144 e. The second-order valence-corrected chi connectivity index (χ2v) is 18.4. The summed E-state index contributed by atoms with van der Waals surface area (Å²) in [7, 11) is -0.0659. The van der Waals surface area contributed by atoms with Crippen molar-refractivity contribution in [3.63, 3.8) is 0 Å². The number of fused-ring (bicyclic) bond motifs is 11. The zero-order valence-corrected chi connectivity index (χ0v) is 28.9. The number of hydrogen-bond acceptors (Lipinski definition) is 4. The number of thiophene rings is 4. The Morgan fingerprint density at radius 3 is 1.71 bits per heavy atom. The standard InChI is InChI=1S/C36H39PS4/c1-5-9-18-37(19-10-6-2)30-21-25-27(39-30)14-16-29-32(25)34-33-31-24-17-20-38-26(24)13-15-28(31)40-35(33)22(11-7-3)23(12-8-4)36(34)41-29/h13-17,20-21H,5-12,18-19H2,1-4H3. The lowest BCUT2D eigenvalue weighted by atomic mass is 9.92. The molecule has 0 radical (unpaired) electrons. The van der Waals surface area contributed by atoms with Gasteiger partial charge in [-0.1, -0.05) is 61.3 Å². The molecule has 212 valence electrons. The average Bonchev–Trinajstić information content (AvgIpc) is 3.76. The van der Waals surface area contributed by atoms with Crippen LogP contribution in [0.25, 0.3) is 60.5 Å². The van der Waals surface area contributed by atoms with Crippen molar-refractivity contribution in [1.82, 2.24) is 0 Å². The fourth-order valence-electron chi connectivity index (χ4n) is 6.73. The fourth-order valence-corrected chi connectivity index (χ4v) is 14.7. The summed E-state index contributed by atoms with van der Waals surface area (Å²) >= 11 is 8.14. The highest BCUT2D eigenvalue weighted by Gasteiger charge is 2.24. The normalized spacial score (nSPS) is 12.6. The van der Waals surface area contributed by atoms with Crippen molar-refractivity contribution in [2.75, 3.05) is 12.3 Å². The molecular weight excluding hydrogens is 592 g/mol. The van der Waals surface area contributed by atoms with Crippen LogP contribution in [-0.4, -0.2) is 12.3 Å². The third-order valence-electron chi connectivity index (χ3n) is 8.66. The van der Waals surface area contributed by atoms with Crippen LogP contribution in [0.3, 0.4) is 0 Å². The Bertz CT molecular complexity index is 2010. The lowest BCUT2D eigenvalue weighted by Crippen LogP contribution is -2.02. The molecule has 0 aliphatic carbocycles. The van der Waals surface area contributed by atoms with Crippen LogP contribution in [0.1, 0.15) is 77.3 Å². The second kappa shape index (κ2) is 11.9. The summed E-state index contributed by atoms with van der Waals surface area (Å²) in [5.74, 6) is 0. The first-order valence-corrected chi connectivity index (χ1v) is 20.6. The highest BCUT2D eigenvalue weighted by Crippen LogP contribution is 2.52. The average molecular weight is 631 g/mol. The molecule has 0 bridgehead atoms. The van der Waals surface area contributed by atoms with Crippen molar-refractivity contribution in [3.8, 4) is 0 Å². The van der Waals surface area contributed by atoms with E-state index in [2.05, 4.69) is 103 Å². The summed E-state index contributed by atoms with van der Waals surface area (Å²) in [5, 5.41) is 11.4. The summed E-state index contributed by atoms with van der Waals surface area (Å²) < 4.78 is 10.7. The van der Waals surface area contributed by atoms with Gasteiger partial charge in [-0.3, -0.25) is 0 Å². The van der Waals surface area contributed by atoms with Crippen molar-refractivity contribution < 1.29 is 0 Å². The number of rotatable bonds is 11. The maximum absolute atomic E-state index is 2.66. The van der Waals surface area contributed by atoms with Crippen LogP contribution >= 0.6 is 53.3 Å². The molecule has 4 heterocycles. The fraction of sp³-hybridized carbons (Fsp3) is 0.389. The van der Waals surface area contributed by atoms with E-state index in [1.165, 1.54) is 98.6 Å². The first-order chi connectivity index (χ1) is 20.2. The summed E-state index contributed by atoms with van der Waals surface area (Å²) in [5.41, 5.74) is 3.28. The maximum atomic E-state index is 2.66. The van der Waals surface area contributed by atoms with Crippen LogP contribution in [-0.2, 0) is 12.8 Å². The van der Waals surface area contributed by atoms with E-state index in [1.807, 2.05) is 11.3 Å². The van der Waals surface area contributed by atoms with Gasteiger partial charge in [0.15, 0.2) is 0 Å². The SMILES string of the molecule is CCCCP(CCCC)c1cc2c(ccc3sc4c(CCC)c(CCC)c5sc6ccc7sccc7c6c5c4c32)s1. The lowest BCUT2D eigenvalue weighted by Gasteiger charge is -2.15. The molecule has 3 aromatic carbocycles. The molecule has 7 rings (SSSR count). The van der Waals surface area contributed by atoms with E-state index in [4.69, 9.17) is 0 Å². The van der Waals surface area contributed by atoms with Gasteiger partial charge in [0.1, 0.15) is 0 Å². The van der Waals surface area contributed by atoms with Crippen molar-refractivity contribution in [3.05, 3.63) is 52.9 Å². The molecule has 4 aromatic heterocycles. The monoisotopic (exact) mass is 630 g/mol. The molecule has 41 heavy (non-hydrogen) atoms. The topological polar surface area (TPSA) is 0 Å². The molecule has 0 aliphatic rings. The molecular formula is C36H39PS4. The molecule has 0 amide bonds. The van der Waals surface area contributed by atoms with Gasteiger partial charge in [0.05, 0.1) is 0 Å². The van der Waals surface area contributed by atoms with E-state index in [0.29, 0.717) is 0 Å². The molecule has 0 atom stereocenters. The van der Waals surface area contributed by atoms with Crippen LogP contribution in [0.15, 0.2) is 41.8 Å². The molecule has 0 saturated carbocycles. The van der Waals surface area contributed by atoms with Crippen LogP contribution in [0.5, 0.6) is 0 Å². The van der Waals surface area contributed by atoms with E-state index >= 15 is 0 Å². The van der Waals surface area contributed by atoms with E-state index in [1.54, 1.807) is 41.3 Å². The third-order valence-corrected chi connectivity index (χ3v) is 16.4. The molecule has 0 nitrogen and oxygen atoms in total. The highest BCUT2D eigenvalue weighted by molar-refractivity contribution is 7.72. The Hall–Kier alpha value is -1.55. The van der Waals surface area contributed by atoms with Crippen molar-refractivity contribution in [2.24, 2.45) is 0 Å². The molecule has 0 unspecified atom stereocenters. The van der Waals surface area contributed by atoms with E-state index < -0.39 is 0 Å². The predicted octanol–water partition coefficient (Wildman–Crippen LogP) is 13.5. The summed E-state index contributed by atoms with van der Waals surface area (Å²) in [6, 6.07) is 14.7. The first-order valence-electron chi connectivity index (χ1n) is 15.6. The van der Waals surface area contributed by atoms with Crippen molar-refractivity contribution >= 4 is 118 Å². The molecule has 0 N–H and O–H groups in total. The predicted molar refractivity (Wildman–Crippen MR) is 197 cm³/mol. The molecule has 5 heteroatoms. The Labute approximate surface area is 261 Å². The molecule has 0 spiro atoms. The van der Waals surface area contributed by atoms with Crippen LogP contribution in [0.2, 0.25) is 0 Å². The van der Waals surface area contributed by atoms with Gasteiger partial charge in [-0.25, -0.2) is 0 Å². The number of hydrogen-bond donors (Lipinski definition) is 0. The first kappa shape index (κ1) is 28.2. The number of unbranched alkanes of at least 4 members (excludes halogenated alkanes) is 2. The minimum atomic E-state index is -0.0659. The smallest absolute Gasteiger partial charge is 0.0397 e. The van der Waals surface area contributed by atoms with Crippen molar-refractivity contribution in [1.29, 1.82) is 0 Å². The van der Waals surface area contributed by atoms with Gasteiger partial charge in [-0.2, -0.15) is 0 Å². The lowest BCUT2D eigenvalue weighted by molar-refractivity contribution is 0.871. The Balaban J connectivity index is 1.62. The minimum absolute atomic E-state index is 0.0659. The van der Waals surface area contributed by atoms with Gasteiger partial charge in [0.2, 0.25) is 0 Å². The highest BCUT2D eigenvalue weighted by atomic mass is 32.1. The summed E-state index contributed by atoms with van der Waals surface area (Å²) in [6.45, 7) is 9.41. The number of benzene rings is 3. The maximum Gasteiger partial charge on any atom is 0.0397 e. The Morgan fingerprint density at radius 1 is 0.561 bits per heavy atom. The zero-order valence-electron chi connectivity index (χ0n) is 24.7. The van der Waals surface area contributed by atoms with Gasteiger partial charge in [-0.15, -0.1) is 45.3 Å². The van der Waals surface area contributed by atoms with Gasteiger partial charge in [0, 0.05) is 65.1 Å².